The van der Waals surface area contributed by atoms with Gasteiger partial charge in [0, 0.05) is 7.05 Å². The number of aromatic nitrogens is 1. The first kappa shape index (κ1) is 12.5. The molecule has 0 fully saturated rings. The summed E-state index contributed by atoms with van der Waals surface area (Å²) in [5.41, 5.74) is 3.04. The number of hydrogen-bond donors (Lipinski definition) is 1. The van der Waals surface area contributed by atoms with Gasteiger partial charge in [-0.1, -0.05) is 13.0 Å². The summed E-state index contributed by atoms with van der Waals surface area (Å²) in [7, 11) is 3.45. The van der Waals surface area contributed by atoms with Crippen molar-refractivity contribution in [2.45, 2.75) is 20.3 Å². The molecule has 0 radical (unpaired) electrons. The Morgan fingerprint density at radius 2 is 2.17 bits per heavy atom. The number of nitrogens with one attached hydrogen (secondary N) is 1. The molecule has 1 aromatic carbocycles. The van der Waals surface area contributed by atoms with E-state index in [1.165, 1.54) is 5.56 Å². The largest absolute Gasteiger partial charge is 0.496 e. The lowest BCUT2D eigenvalue weighted by molar-refractivity contribution is 0.414. The van der Waals surface area contributed by atoms with Crippen molar-refractivity contribution in [3.8, 4) is 17.1 Å². The van der Waals surface area contributed by atoms with Crippen molar-refractivity contribution in [3.63, 3.8) is 0 Å². The minimum Gasteiger partial charge on any atom is -0.496 e. The fourth-order valence-electron chi connectivity index (χ4n) is 1.91. The molecule has 0 amide bonds. The first-order chi connectivity index (χ1) is 8.69. The molecule has 2 rings (SSSR count). The molecule has 0 unspecified atom stereocenters. The van der Waals surface area contributed by atoms with Crippen LogP contribution in [0.25, 0.3) is 11.3 Å². The highest BCUT2D eigenvalue weighted by atomic mass is 16.5. The summed E-state index contributed by atoms with van der Waals surface area (Å²) in [5, 5.41) is 2.91. The minimum absolute atomic E-state index is 0.520. The molecule has 1 heterocycles. The Morgan fingerprint density at radius 3 is 2.72 bits per heavy atom. The molecule has 0 aliphatic carbocycles. The molecular weight excluding hydrogens is 228 g/mol. The summed E-state index contributed by atoms with van der Waals surface area (Å²) in [6, 6.07) is 6.64. The van der Waals surface area contributed by atoms with Crippen molar-refractivity contribution < 1.29 is 9.15 Å². The van der Waals surface area contributed by atoms with Crippen molar-refractivity contribution in [2.75, 3.05) is 19.5 Å². The standard InChI is InChI=1S/C14H18N2O2/c1-5-10-6-7-12(17-4)11(8-10)13-9(2)16-14(15-3)18-13/h6-8H,5H2,1-4H3,(H,15,16). The average molecular weight is 246 g/mol. The smallest absolute Gasteiger partial charge is 0.295 e. The summed E-state index contributed by atoms with van der Waals surface area (Å²) in [5.74, 6) is 1.56. The van der Waals surface area contributed by atoms with E-state index in [-0.39, 0.29) is 0 Å². The molecule has 0 saturated carbocycles. The number of aryl methyl sites for hydroxylation is 2. The quantitative estimate of drug-likeness (QED) is 0.899. The van der Waals surface area contributed by atoms with E-state index < -0.39 is 0 Å². The fourth-order valence-corrected chi connectivity index (χ4v) is 1.91. The Balaban J connectivity index is 2.56. The Labute approximate surface area is 107 Å². The minimum atomic E-state index is 0.520. The fraction of sp³-hybridized carbons (Fsp3) is 0.357. The van der Waals surface area contributed by atoms with Gasteiger partial charge in [0.25, 0.3) is 6.01 Å². The monoisotopic (exact) mass is 246 g/mol. The van der Waals surface area contributed by atoms with Crippen LogP contribution >= 0.6 is 0 Å². The Kier molecular flexibility index (Phi) is 3.55. The van der Waals surface area contributed by atoms with Gasteiger partial charge in [-0.05, 0) is 31.0 Å². The first-order valence-electron chi connectivity index (χ1n) is 6.02. The zero-order valence-corrected chi connectivity index (χ0v) is 11.2. The molecular formula is C14H18N2O2. The van der Waals surface area contributed by atoms with Crippen molar-refractivity contribution in [1.29, 1.82) is 0 Å². The van der Waals surface area contributed by atoms with Gasteiger partial charge in [0.15, 0.2) is 5.76 Å². The van der Waals surface area contributed by atoms with Crippen molar-refractivity contribution in [2.24, 2.45) is 0 Å². The lowest BCUT2D eigenvalue weighted by Gasteiger charge is -2.08. The maximum absolute atomic E-state index is 5.69. The van der Waals surface area contributed by atoms with Gasteiger partial charge in [0.2, 0.25) is 0 Å². The molecule has 18 heavy (non-hydrogen) atoms. The number of hydrogen-bond acceptors (Lipinski definition) is 4. The van der Waals surface area contributed by atoms with Crippen LogP contribution in [0.1, 0.15) is 18.2 Å². The molecule has 2 aromatic rings. The highest BCUT2D eigenvalue weighted by Crippen LogP contribution is 2.34. The molecule has 0 bridgehead atoms. The predicted molar refractivity (Wildman–Crippen MR) is 72.2 cm³/mol. The van der Waals surface area contributed by atoms with E-state index in [0.717, 1.165) is 29.2 Å². The normalized spacial score (nSPS) is 10.4. The van der Waals surface area contributed by atoms with Gasteiger partial charge in [-0.2, -0.15) is 4.98 Å². The highest BCUT2D eigenvalue weighted by molar-refractivity contribution is 5.69. The van der Waals surface area contributed by atoms with Crippen molar-refractivity contribution in [1.82, 2.24) is 4.98 Å². The molecule has 0 spiro atoms. The van der Waals surface area contributed by atoms with Crippen LogP contribution in [-0.4, -0.2) is 19.1 Å². The maximum Gasteiger partial charge on any atom is 0.295 e. The van der Waals surface area contributed by atoms with Crippen LogP contribution in [0, 0.1) is 6.92 Å². The number of oxazole rings is 1. The lowest BCUT2D eigenvalue weighted by atomic mass is 10.0. The summed E-state index contributed by atoms with van der Waals surface area (Å²) in [6.45, 7) is 4.05. The number of benzene rings is 1. The Hall–Kier alpha value is -1.97. The van der Waals surface area contributed by atoms with Crippen LogP contribution in [0.5, 0.6) is 5.75 Å². The third kappa shape index (κ3) is 2.18. The first-order valence-corrected chi connectivity index (χ1v) is 6.02. The average Bonchev–Trinajstić information content (AvgIpc) is 2.79. The van der Waals surface area contributed by atoms with Crippen molar-refractivity contribution >= 4 is 6.01 Å². The molecule has 0 atom stereocenters. The van der Waals surface area contributed by atoms with Crippen LogP contribution in [0.15, 0.2) is 22.6 Å². The second-order valence-electron chi connectivity index (χ2n) is 4.07. The van der Waals surface area contributed by atoms with Gasteiger partial charge in [0.05, 0.1) is 18.4 Å². The number of anilines is 1. The number of ether oxygens (including phenoxy) is 1. The Morgan fingerprint density at radius 1 is 1.39 bits per heavy atom. The molecule has 4 heteroatoms. The maximum atomic E-state index is 5.69. The van der Waals surface area contributed by atoms with Crippen LogP contribution in [0.3, 0.4) is 0 Å². The van der Waals surface area contributed by atoms with Gasteiger partial charge in [-0.15, -0.1) is 0 Å². The lowest BCUT2D eigenvalue weighted by Crippen LogP contribution is -1.90. The Bertz CT molecular complexity index is 547. The second-order valence-corrected chi connectivity index (χ2v) is 4.07. The number of rotatable bonds is 4. The zero-order valence-electron chi connectivity index (χ0n) is 11.2. The van der Waals surface area contributed by atoms with Crippen LogP contribution in [0.2, 0.25) is 0 Å². The van der Waals surface area contributed by atoms with Gasteiger partial charge in [-0.3, -0.25) is 0 Å². The molecule has 1 aromatic heterocycles. The van der Waals surface area contributed by atoms with Gasteiger partial charge in [-0.25, -0.2) is 0 Å². The SMILES string of the molecule is CCc1ccc(OC)c(-c2oc(NC)nc2C)c1. The van der Waals surface area contributed by atoms with E-state index in [1.807, 2.05) is 13.0 Å². The summed E-state index contributed by atoms with van der Waals surface area (Å²) < 4.78 is 11.1. The van der Waals surface area contributed by atoms with E-state index in [1.54, 1.807) is 14.2 Å². The van der Waals surface area contributed by atoms with E-state index >= 15 is 0 Å². The second kappa shape index (κ2) is 5.12. The third-order valence-electron chi connectivity index (χ3n) is 2.93. The summed E-state index contributed by atoms with van der Waals surface area (Å²) in [4.78, 5) is 4.30. The van der Waals surface area contributed by atoms with E-state index in [2.05, 4.69) is 29.4 Å². The molecule has 0 saturated heterocycles. The topological polar surface area (TPSA) is 47.3 Å². The van der Waals surface area contributed by atoms with Crippen LogP contribution in [0.4, 0.5) is 6.01 Å². The van der Waals surface area contributed by atoms with E-state index in [9.17, 15) is 0 Å². The molecule has 1 N–H and O–H groups in total. The zero-order chi connectivity index (χ0) is 13.1. The highest BCUT2D eigenvalue weighted by Gasteiger charge is 2.15. The number of methoxy groups -OCH3 is 1. The molecule has 0 aliphatic heterocycles. The van der Waals surface area contributed by atoms with E-state index in [0.29, 0.717) is 6.01 Å². The summed E-state index contributed by atoms with van der Waals surface area (Å²) in [6.07, 6.45) is 0.975. The molecule has 4 nitrogen and oxygen atoms in total. The van der Waals surface area contributed by atoms with E-state index in [4.69, 9.17) is 9.15 Å². The predicted octanol–water partition coefficient (Wildman–Crippen LogP) is 3.26. The van der Waals surface area contributed by atoms with Gasteiger partial charge >= 0.3 is 0 Å². The third-order valence-corrected chi connectivity index (χ3v) is 2.93. The van der Waals surface area contributed by atoms with Gasteiger partial charge in [0.1, 0.15) is 5.75 Å². The molecule has 96 valence electrons. The van der Waals surface area contributed by atoms with Crippen LogP contribution < -0.4 is 10.1 Å². The number of nitrogens with zero attached hydrogens (tertiary/aromatic N) is 1. The van der Waals surface area contributed by atoms with Gasteiger partial charge < -0.3 is 14.5 Å². The van der Waals surface area contributed by atoms with Crippen molar-refractivity contribution in [3.05, 3.63) is 29.5 Å². The summed E-state index contributed by atoms with van der Waals surface area (Å²) >= 11 is 0. The van der Waals surface area contributed by atoms with Crippen LogP contribution in [-0.2, 0) is 6.42 Å². The molecule has 0 aliphatic rings.